The van der Waals surface area contributed by atoms with Crippen LogP contribution in [0.15, 0.2) is 64.8 Å². The molecule has 0 aliphatic rings. The number of halogens is 3. The van der Waals surface area contributed by atoms with E-state index in [0.29, 0.717) is 0 Å². The molecule has 1 aromatic heterocycles. The SMILES string of the molecule is CCC(=Nc1c(C)cc(C)cc1C)C(CC[n+]1ccccc1)=Nc1c(C)cc(C)cc1C.[Br-].[Br][Ni][Br]. The van der Waals surface area contributed by atoms with Crippen molar-refractivity contribution in [1.29, 1.82) is 0 Å². The number of aliphatic imine (C=N–C) groups is 2. The van der Waals surface area contributed by atoms with Crippen LogP contribution in [0.3, 0.4) is 0 Å². The van der Waals surface area contributed by atoms with Crippen molar-refractivity contribution in [1.82, 2.24) is 0 Å². The van der Waals surface area contributed by atoms with Crippen LogP contribution in [0.4, 0.5) is 11.4 Å². The molecule has 0 aliphatic heterocycles. The van der Waals surface area contributed by atoms with Crippen LogP contribution in [0.1, 0.15) is 53.1 Å². The first-order valence-corrected chi connectivity index (χ1v) is 16.7. The zero-order valence-electron chi connectivity index (χ0n) is 22.1. The minimum absolute atomic E-state index is 0. The van der Waals surface area contributed by atoms with Gasteiger partial charge in [-0.3, -0.25) is 9.98 Å². The van der Waals surface area contributed by atoms with Crippen LogP contribution in [0.2, 0.25) is 0 Å². The van der Waals surface area contributed by atoms with Gasteiger partial charge in [0.05, 0.1) is 29.2 Å². The Morgan fingerprint density at radius 2 is 1.11 bits per heavy atom. The summed E-state index contributed by atoms with van der Waals surface area (Å²) in [5.74, 6) is 0. The summed E-state index contributed by atoms with van der Waals surface area (Å²) in [5, 5.41) is 0. The molecule has 0 radical (unpaired) electrons. The first-order valence-electron chi connectivity index (χ1n) is 11.8. The molecule has 1 heterocycles. The first-order chi connectivity index (χ1) is 16.7. The van der Waals surface area contributed by atoms with Crippen LogP contribution < -0.4 is 21.5 Å². The average Bonchev–Trinajstić information content (AvgIpc) is 2.79. The summed E-state index contributed by atoms with van der Waals surface area (Å²) in [4.78, 5) is 10.4. The summed E-state index contributed by atoms with van der Waals surface area (Å²) in [6.07, 6.45) is 5.89. The number of aromatic nitrogens is 1. The van der Waals surface area contributed by atoms with Gasteiger partial charge < -0.3 is 17.0 Å². The van der Waals surface area contributed by atoms with Gasteiger partial charge in [-0.15, -0.1) is 0 Å². The topological polar surface area (TPSA) is 28.6 Å². The van der Waals surface area contributed by atoms with Crippen molar-refractivity contribution < 1.29 is 32.4 Å². The summed E-state index contributed by atoms with van der Waals surface area (Å²) < 4.78 is 2.21. The minimum atomic E-state index is 0. The van der Waals surface area contributed by atoms with Crippen molar-refractivity contribution in [3.8, 4) is 0 Å². The molecule has 198 valence electrons. The Hall–Kier alpha value is -1.14. The van der Waals surface area contributed by atoms with E-state index >= 15 is 0 Å². The van der Waals surface area contributed by atoms with Crippen LogP contribution in [0.5, 0.6) is 0 Å². The molecule has 0 fully saturated rings. The fraction of sp³-hybridized carbons (Fsp3) is 0.345. The Balaban J connectivity index is 0.00000154. The van der Waals surface area contributed by atoms with E-state index in [1.54, 1.807) is 0 Å². The molecule has 0 unspecified atom stereocenters. The third-order valence-electron chi connectivity index (χ3n) is 5.82. The number of rotatable bonds is 7. The van der Waals surface area contributed by atoms with Crippen LogP contribution in [0, 0.1) is 41.5 Å². The van der Waals surface area contributed by atoms with Gasteiger partial charge in [-0.2, -0.15) is 0 Å². The predicted octanol–water partition coefficient (Wildman–Crippen LogP) is 5.86. The Bertz CT molecular complexity index is 1150. The summed E-state index contributed by atoms with van der Waals surface area (Å²) in [6, 6.07) is 15.0. The molecule has 36 heavy (non-hydrogen) atoms. The van der Waals surface area contributed by atoms with Gasteiger partial charge in [-0.05, 0) is 70.2 Å². The van der Waals surface area contributed by atoms with Crippen molar-refractivity contribution in [2.75, 3.05) is 0 Å². The van der Waals surface area contributed by atoms with E-state index < -0.39 is 0 Å². The normalized spacial score (nSPS) is 11.6. The number of benzene rings is 2. The van der Waals surface area contributed by atoms with E-state index in [1.807, 2.05) is 6.07 Å². The molecule has 0 aliphatic carbocycles. The Kier molecular flexibility index (Phi) is 15.2. The Labute approximate surface area is 248 Å². The Morgan fingerprint density at radius 1 is 0.722 bits per heavy atom. The van der Waals surface area contributed by atoms with E-state index in [2.05, 4.69) is 130 Å². The van der Waals surface area contributed by atoms with Gasteiger partial charge in [0, 0.05) is 12.1 Å². The third kappa shape index (κ3) is 9.97. The van der Waals surface area contributed by atoms with E-state index in [0.717, 1.165) is 42.2 Å². The number of hydrogen-bond donors (Lipinski definition) is 0. The fourth-order valence-electron chi connectivity index (χ4n) is 4.40. The molecule has 0 spiro atoms. The van der Waals surface area contributed by atoms with Crippen molar-refractivity contribution in [3.63, 3.8) is 0 Å². The second-order valence-corrected chi connectivity index (χ2v) is 13.9. The molecule has 3 nitrogen and oxygen atoms in total. The average molecular weight is 725 g/mol. The molecule has 3 rings (SSSR count). The zero-order chi connectivity index (χ0) is 26.0. The first kappa shape index (κ1) is 32.9. The predicted molar refractivity (Wildman–Crippen MR) is 155 cm³/mol. The van der Waals surface area contributed by atoms with E-state index in [1.165, 1.54) is 44.3 Å². The van der Waals surface area contributed by atoms with Gasteiger partial charge >= 0.3 is 39.3 Å². The van der Waals surface area contributed by atoms with Crippen LogP contribution in [-0.4, -0.2) is 11.4 Å². The van der Waals surface area contributed by atoms with Crippen molar-refractivity contribution >= 4 is 51.2 Å². The second kappa shape index (κ2) is 16.7. The summed E-state index contributed by atoms with van der Waals surface area (Å²) in [7, 11) is 1.25. The number of pyridine rings is 1. The monoisotopic (exact) mass is 721 g/mol. The number of nitrogens with zero attached hydrogens (tertiary/aromatic N) is 3. The maximum absolute atomic E-state index is 5.23. The fourth-order valence-corrected chi connectivity index (χ4v) is 4.40. The van der Waals surface area contributed by atoms with Gasteiger partial charge in [0.25, 0.3) is 0 Å². The van der Waals surface area contributed by atoms with Gasteiger partial charge in [0.15, 0.2) is 18.9 Å². The summed E-state index contributed by atoms with van der Waals surface area (Å²) in [6.45, 7) is 15.9. The van der Waals surface area contributed by atoms with E-state index in [4.69, 9.17) is 9.98 Å². The van der Waals surface area contributed by atoms with Crippen molar-refractivity contribution in [2.45, 2.75) is 67.9 Å². The molecule has 2 aromatic carbocycles. The third-order valence-corrected chi connectivity index (χ3v) is 5.82. The van der Waals surface area contributed by atoms with E-state index in [9.17, 15) is 0 Å². The van der Waals surface area contributed by atoms with Crippen LogP contribution >= 0.6 is 28.5 Å². The van der Waals surface area contributed by atoms with E-state index in [-0.39, 0.29) is 17.0 Å². The van der Waals surface area contributed by atoms with Crippen molar-refractivity contribution in [2.24, 2.45) is 9.98 Å². The zero-order valence-corrected chi connectivity index (χ0v) is 27.9. The van der Waals surface area contributed by atoms with Crippen LogP contribution in [0.25, 0.3) is 0 Å². The van der Waals surface area contributed by atoms with Gasteiger partial charge in [-0.1, -0.05) is 48.4 Å². The number of hydrogen-bond acceptors (Lipinski definition) is 2. The van der Waals surface area contributed by atoms with Crippen LogP contribution in [-0.2, 0) is 17.4 Å². The van der Waals surface area contributed by atoms with Gasteiger partial charge in [-0.25, -0.2) is 4.57 Å². The molecule has 0 amide bonds. The number of aryl methyl sites for hydroxylation is 7. The second-order valence-electron chi connectivity index (χ2n) is 8.87. The van der Waals surface area contributed by atoms with Gasteiger partial charge in [0.2, 0.25) is 0 Å². The standard InChI is InChI=1S/C29H36N3.3BrH.Ni/c1-8-26(30-28-22(4)16-20(2)17-23(28)5)27(12-15-32-13-10-9-11-14-32)31-29-24(6)18-21(3)19-25(29)7;;;;/h9-11,13-14,16-19H,8,12,15H2,1-7H3;3*1H;/q+1;;;;+2/p-3. The molecule has 0 atom stereocenters. The molecular formula is C29H36Br3N3Ni. The van der Waals surface area contributed by atoms with Gasteiger partial charge in [0.1, 0.15) is 0 Å². The maximum atomic E-state index is 5.23. The summed E-state index contributed by atoms with van der Waals surface area (Å²) >= 11 is 6.00. The Morgan fingerprint density at radius 3 is 1.50 bits per heavy atom. The summed E-state index contributed by atoms with van der Waals surface area (Å²) in [5.41, 5.74) is 11.7. The molecule has 3 aromatic rings. The van der Waals surface area contributed by atoms with Crippen molar-refractivity contribution in [3.05, 3.63) is 88.2 Å². The molecule has 0 N–H and O–H groups in total. The molecule has 7 heteroatoms. The molecule has 0 bridgehead atoms. The quantitative estimate of drug-likeness (QED) is 0.166. The molecule has 0 saturated heterocycles. The molecular weight excluding hydrogens is 689 g/mol. The molecule has 0 saturated carbocycles.